The van der Waals surface area contributed by atoms with E-state index in [0.29, 0.717) is 11.6 Å². The minimum Gasteiger partial charge on any atom is -0.479 e. The quantitative estimate of drug-likeness (QED) is 0.884. The topological polar surface area (TPSA) is 72.8 Å². The van der Waals surface area contributed by atoms with Crippen molar-refractivity contribution in [2.24, 2.45) is 0 Å². The molecule has 2 rings (SSSR count). The smallest absolute Gasteiger partial charge is 0.241 e. The van der Waals surface area contributed by atoms with Crippen molar-refractivity contribution in [2.75, 3.05) is 19.5 Å². The summed E-state index contributed by atoms with van der Waals surface area (Å²) in [6, 6.07) is 0. The molecule has 6 nitrogen and oxygen atoms in total. The Morgan fingerprint density at radius 2 is 1.89 bits per heavy atom. The van der Waals surface area contributed by atoms with E-state index in [1.807, 2.05) is 7.05 Å². The monoisotopic (exact) mass is 259 g/mol. The van der Waals surface area contributed by atoms with E-state index in [4.69, 9.17) is 4.74 Å². The van der Waals surface area contributed by atoms with Crippen molar-refractivity contribution in [1.29, 1.82) is 0 Å². The van der Waals surface area contributed by atoms with Crippen LogP contribution in [-0.4, -0.2) is 34.1 Å². The van der Waals surface area contributed by atoms with Crippen LogP contribution >= 0.6 is 0 Å². The molecule has 0 fully saturated rings. The first-order valence-electron chi connectivity index (χ1n) is 6.18. The number of anilines is 1. The van der Waals surface area contributed by atoms with E-state index < -0.39 is 0 Å². The molecule has 0 saturated heterocycles. The maximum atomic E-state index is 5.25. The van der Waals surface area contributed by atoms with Gasteiger partial charge in [0.25, 0.3) is 0 Å². The molecule has 0 spiro atoms. The Balaban J connectivity index is 2.60. The Bertz CT molecular complexity index is 558. The predicted octanol–water partition coefficient (Wildman–Crippen LogP) is 1.94. The lowest BCUT2D eigenvalue weighted by molar-refractivity contribution is 0.397. The van der Waals surface area contributed by atoms with Gasteiger partial charge in [0.2, 0.25) is 5.88 Å². The lowest BCUT2D eigenvalue weighted by Gasteiger charge is -2.12. The van der Waals surface area contributed by atoms with Crippen LogP contribution in [0.5, 0.6) is 5.88 Å². The standard InChI is InChI=1S/C13H17N5O/c1-4-5-9-10(17-8-18-12(9)14-2)11-13(19-3)16-7-6-15-11/h6-8H,4-5H2,1-3H3,(H,14,17,18). The molecule has 0 aliphatic carbocycles. The second-order valence-corrected chi connectivity index (χ2v) is 3.96. The van der Waals surface area contributed by atoms with E-state index in [1.165, 1.54) is 6.33 Å². The number of hydrogen-bond acceptors (Lipinski definition) is 6. The van der Waals surface area contributed by atoms with Crippen LogP contribution in [0, 0.1) is 0 Å². The largest absolute Gasteiger partial charge is 0.479 e. The molecule has 0 atom stereocenters. The molecule has 0 radical (unpaired) electrons. The van der Waals surface area contributed by atoms with Crippen LogP contribution in [0.3, 0.4) is 0 Å². The third-order valence-corrected chi connectivity index (χ3v) is 2.76. The molecule has 0 aliphatic rings. The zero-order chi connectivity index (χ0) is 13.7. The lowest BCUT2D eigenvalue weighted by Crippen LogP contribution is -2.05. The summed E-state index contributed by atoms with van der Waals surface area (Å²) in [5.74, 6) is 1.29. The molecule has 0 unspecified atom stereocenters. The van der Waals surface area contributed by atoms with Gasteiger partial charge < -0.3 is 10.1 Å². The van der Waals surface area contributed by atoms with Gasteiger partial charge in [-0.2, -0.15) is 0 Å². The van der Waals surface area contributed by atoms with Gasteiger partial charge in [-0.3, -0.25) is 0 Å². The number of aromatic nitrogens is 4. The normalized spacial score (nSPS) is 10.3. The van der Waals surface area contributed by atoms with Crippen molar-refractivity contribution < 1.29 is 4.74 Å². The second kappa shape index (κ2) is 6.08. The maximum Gasteiger partial charge on any atom is 0.241 e. The van der Waals surface area contributed by atoms with Gasteiger partial charge in [-0.1, -0.05) is 13.3 Å². The van der Waals surface area contributed by atoms with Crippen molar-refractivity contribution in [3.63, 3.8) is 0 Å². The Labute approximate surface area is 112 Å². The summed E-state index contributed by atoms with van der Waals surface area (Å²) in [6.45, 7) is 2.12. The van der Waals surface area contributed by atoms with Gasteiger partial charge in [0.15, 0.2) is 5.69 Å². The molecule has 0 aliphatic heterocycles. The Morgan fingerprint density at radius 3 is 2.58 bits per heavy atom. The zero-order valence-corrected chi connectivity index (χ0v) is 11.3. The predicted molar refractivity (Wildman–Crippen MR) is 73.2 cm³/mol. The van der Waals surface area contributed by atoms with Gasteiger partial charge >= 0.3 is 0 Å². The summed E-state index contributed by atoms with van der Waals surface area (Å²) >= 11 is 0. The van der Waals surface area contributed by atoms with Crippen LogP contribution in [0.1, 0.15) is 18.9 Å². The van der Waals surface area contributed by atoms with Crippen LogP contribution in [-0.2, 0) is 6.42 Å². The Hall–Kier alpha value is -2.24. The number of hydrogen-bond donors (Lipinski definition) is 1. The highest BCUT2D eigenvalue weighted by atomic mass is 16.5. The maximum absolute atomic E-state index is 5.25. The molecule has 2 heterocycles. The fraction of sp³-hybridized carbons (Fsp3) is 0.385. The lowest BCUT2D eigenvalue weighted by atomic mass is 10.1. The van der Waals surface area contributed by atoms with Gasteiger partial charge in [0.1, 0.15) is 17.8 Å². The first-order valence-corrected chi connectivity index (χ1v) is 6.18. The summed E-state index contributed by atoms with van der Waals surface area (Å²) < 4.78 is 5.25. The van der Waals surface area contributed by atoms with E-state index in [2.05, 4.69) is 32.2 Å². The molecule has 2 aromatic rings. The van der Waals surface area contributed by atoms with Gasteiger partial charge in [-0.15, -0.1) is 0 Å². The summed E-state index contributed by atoms with van der Waals surface area (Å²) in [6.07, 6.45) is 6.62. The van der Waals surface area contributed by atoms with Crippen molar-refractivity contribution in [3.05, 3.63) is 24.3 Å². The molecule has 19 heavy (non-hydrogen) atoms. The first-order chi connectivity index (χ1) is 9.31. The van der Waals surface area contributed by atoms with E-state index in [-0.39, 0.29) is 0 Å². The van der Waals surface area contributed by atoms with Crippen molar-refractivity contribution >= 4 is 5.82 Å². The SMILES string of the molecule is CCCc1c(NC)ncnc1-c1nccnc1OC. The Kier molecular flexibility index (Phi) is 4.22. The number of nitrogens with zero attached hydrogens (tertiary/aromatic N) is 4. The van der Waals surface area contributed by atoms with E-state index >= 15 is 0 Å². The zero-order valence-electron chi connectivity index (χ0n) is 11.3. The van der Waals surface area contributed by atoms with Crippen LogP contribution in [0.4, 0.5) is 5.82 Å². The van der Waals surface area contributed by atoms with Crippen molar-refractivity contribution in [1.82, 2.24) is 19.9 Å². The van der Waals surface area contributed by atoms with Gasteiger partial charge in [0.05, 0.1) is 7.11 Å². The van der Waals surface area contributed by atoms with E-state index in [1.54, 1.807) is 19.5 Å². The summed E-state index contributed by atoms with van der Waals surface area (Å²) in [5.41, 5.74) is 2.45. The molecule has 2 aromatic heterocycles. The molecule has 0 bridgehead atoms. The van der Waals surface area contributed by atoms with Crippen molar-refractivity contribution in [2.45, 2.75) is 19.8 Å². The number of rotatable bonds is 5. The first kappa shape index (κ1) is 13.2. The number of methoxy groups -OCH3 is 1. The molecule has 6 heteroatoms. The third kappa shape index (κ3) is 2.62. The summed E-state index contributed by atoms with van der Waals surface area (Å²) in [4.78, 5) is 17.1. The highest BCUT2D eigenvalue weighted by Crippen LogP contribution is 2.29. The van der Waals surface area contributed by atoms with Crippen LogP contribution in [0.2, 0.25) is 0 Å². The van der Waals surface area contributed by atoms with Gasteiger partial charge in [0, 0.05) is 25.0 Å². The second-order valence-electron chi connectivity index (χ2n) is 3.96. The molecular weight excluding hydrogens is 242 g/mol. The third-order valence-electron chi connectivity index (χ3n) is 2.76. The average molecular weight is 259 g/mol. The minimum absolute atomic E-state index is 0.473. The molecule has 0 aromatic carbocycles. The van der Waals surface area contributed by atoms with Gasteiger partial charge in [-0.05, 0) is 6.42 Å². The number of ether oxygens (including phenoxy) is 1. The Morgan fingerprint density at radius 1 is 1.11 bits per heavy atom. The van der Waals surface area contributed by atoms with Crippen molar-refractivity contribution in [3.8, 4) is 17.3 Å². The van der Waals surface area contributed by atoms with E-state index in [0.717, 1.165) is 29.9 Å². The summed E-state index contributed by atoms with van der Waals surface area (Å²) in [5, 5.41) is 3.09. The highest BCUT2D eigenvalue weighted by molar-refractivity contribution is 5.68. The molecule has 100 valence electrons. The van der Waals surface area contributed by atoms with Gasteiger partial charge in [-0.25, -0.2) is 19.9 Å². The summed E-state index contributed by atoms with van der Waals surface area (Å²) in [7, 11) is 3.42. The number of nitrogens with one attached hydrogen (secondary N) is 1. The van der Waals surface area contributed by atoms with Crippen LogP contribution < -0.4 is 10.1 Å². The fourth-order valence-corrected chi connectivity index (χ4v) is 1.96. The fourth-order valence-electron chi connectivity index (χ4n) is 1.96. The van der Waals surface area contributed by atoms with Crippen LogP contribution in [0.15, 0.2) is 18.7 Å². The molecule has 0 amide bonds. The average Bonchev–Trinajstić information content (AvgIpc) is 2.47. The highest BCUT2D eigenvalue weighted by Gasteiger charge is 2.17. The minimum atomic E-state index is 0.473. The molecule has 0 saturated carbocycles. The molecule has 1 N–H and O–H groups in total. The van der Waals surface area contributed by atoms with E-state index in [9.17, 15) is 0 Å². The van der Waals surface area contributed by atoms with Crippen LogP contribution in [0.25, 0.3) is 11.4 Å². The molecular formula is C13H17N5O.